The second-order valence-electron chi connectivity index (χ2n) is 5.18. The normalized spacial score (nSPS) is 18.6. The summed E-state index contributed by atoms with van der Waals surface area (Å²) in [6.45, 7) is 5.33. The summed E-state index contributed by atoms with van der Waals surface area (Å²) in [6.07, 6.45) is 1.01. The maximum atomic E-state index is 12.6. The third kappa shape index (κ3) is 4.44. The van der Waals surface area contributed by atoms with Gasteiger partial charge < -0.3 is 19.7 Å². The second kappa shape index (κ2) is 8.00. The van der Waals surface area contributed by atoms with E-state index in [0.29, 0.717) is 31.9 Å². The van der Waals surface area contributed by atoms with Crippen molar-refractivity contribution in [2.75, 3.05) is 39.9 Å². The van der Waals surface area contributed by atoms with Crippen molar-refractivity contribution in [3.63, 3.8) is 0 Å². The predicted octanol–water partition coefficient (Wildman–Crippen LogP) is 1.54. The quantitative estimate of drug-likeness (QED) is 0.864. The smallest absolute Gasteiger partial charge is 0.254 e. The number of ether oxygens (including phenoxy) is 2. The van der Waals surface area contributed by atoms with Crippen LogP contribution in [0.2, 0.25) is 0 Å². The molecule has 0 saturated carbocycles. The predicted molar refractivity (Wildman–Crippen MR) is 81.8 cm³/mol. The van der Waals surface area contributed by atoms with Crippen molar-refractivity contribution in [3.05, 3.63) is 29.8 Å². The highest BCUT2D eigenvalue weighted by Gasteiger charge is 2.24. The van der Waals surface area contributed by atoms with Crippen LogP contribution in [0.15, 0.2) is 24.3 Å². The molecule has 1 saturated heterocycles. The first kappa shape index (κ1) is 15.8. The van der Waals surface area contributed by atoms with Gasteiger partial charge in [0.25, 0.3) is 5.91 Å². The van der Waals surface area contributed by atoms with Crippen molar-refractivity contribution in [1.29, 1.82) is 0 Å². The van der Waals surface area contributed by atoms with Crippen molar-refractivity contribution in [3.8, 4) is 5.75 Å². The summed E-state index contributed by atoms with van der Waals surface area (Å²) in [5.41, 5.74) is 0.675. The van der Waals surface area contributed by atoms with Gasteiger partial charge in [-0.2, -0.15) is 0 Å². The van der Waals surface area contributed by atoms with Gasteiger partial charge in [0.05, 0.1) is 19.3 Å². The number of benzene rings is 1. The molecule has 1 aromatic rings. The Hall–Kier alpha value is -1.59. The Morgan fingerprint density at radius 2 is 2.38 bits per heavy atom. The van der Waals surface area contributed by atoms with Crippen molar-refractivity contribution in [1.82, 2.24) is 10.2 Å². The van der Waals surface area contributed by atoms with Crippen LogP contribution in [0, 0.1) is 0 Å². The minimum atomic E-state index is 0.0429. The Morgan fingerprint density at radius 1 is 1.52 bits per heavy atom. The molecule has 1 amide bonds. The fourth-order valence-corrected chi connectivity index (χ4v) is 2.38. The van der Waals surface area contributed by atoms with Crippen LogP contribution in [0.25, 0.3) is 0 Å². The van der Waals surface area contributed by atoms with E-state index in [1.165, 1.54) is 0 Å². The molecule has 1 unspecified atom stereocenters. The zero-order chi connectivity index (χ0) is 15.1. The first-order valence-corrected chi connectivity index (χ1v) is 7.53. The molecule has 5 nitrogen and oxygen atoms in total. The van der Waals surface area contributed by atoms with Gasteiger partial charge >= 0.3 is 0 Å². The largest absolute Gasteiger partial charge is 0.494 e. The Balaban J connectivity index is 2.01. The van der Waals surface area contributed by atoms with E-state index in [1.54, 1.807) is 0 Å². The Bertz CT molecular complexity index is 463. The minimum absolute atomic E-state index is 0.0429. The monoisotopic (exact) mass is 292 g/mol. The highest BCUT2D eigenvalue weighted by Crippen LogP contribution is 2.17. The number of carbonyl (C=O) groups is 1. The van der Waals surface area contributed by atoms with Crippen LogP contribution in [-0.2, 0) is 4.74 Å². The topological polar surface area (TPSA) is 50.8 Å². The lowest BCUT2D eigenvalue weighted by Gasteiger charge is -2.33. The minimum Gasteiger partial charge on any atom is -0.494 e. The summed E-state index contributed by atoms with van der Waals surface area (Å²) in [5.74, 6) is 0.795. The molecule has 0 bridgehead atoms. The number of nitrogens with one attached hydrogen (secondary N) is 1. The highest BCUT2D eigenvalue weighted by molar-refractivity contribution is 5.94. The summed E-state index contributed by atoms with van der Waals surface area (Å²) >= 11 is 0. The summed E-state index contributed by atoms with van der Waals surface area (Å²) < 4.78 is 11.2. The van der Waals surface area contributed by atoms with Crippen LogP contribution in [0.5, 0.6) is 5.75 Å². The van der Waals surface area contributed by atoms with E-state index in [-0.39, 0.29) is 12.0 Å². The van der Waals surface area contributed by atoms with Gasteiger partial charge in [-0.25, -0.2) is 0 Å². The zero-order valence-electron chi connectivity index (χ0n) is 12.8. The fraction of sp³-hybridized carbons (Fsp3) is 0.562. The molecule has 1 N–H and O–H groups in total. The molecule has 1 fully saturated rings. The molecular formula is C16H24N2O3. The average Bonchev–Trinajstić information content (AvgIpc) is 2.53. The van der Waals surface area contributed by atoms with Crippen molar-refractivity contribution >= 4 is 5.91 Å². The lowest BCUT2D eigenvalue weighted by Crippen LogP contribution is -2.48. The van der Waals surface area contributed by atoms with Crippen LogP contribution in [0.1, 0.15) is 23.7 Å². The van der Waals surface area contributed by atoms with E-state index in [4.69, 9.17) is 9.47 Å². The molecule has 0 aromatic heterocycles. The molecule has 2 rings (SSSR count). The van der Waals surface area contributed by atoms with E-state index in [0.717, 1.165) is 18.7 Å². The fourth-order valence-electron chi connectivity index (χ4n) is 2.38. The van der Waals surface area contributed by atoms with Crippen LogP contribution in [0.4, 0.5) is 0 Å². The molecule has 0 aliphatic carbocycles. The van der Waals surface area contributed by atoms with Gasteiger partial charge in [-0.05, 0) is 31.7 Å². The molecule has 1 aliphatic rings. The lowest BCUT2D eigenvalue weighted by molar-refractivity contribution is -0.0196. The molecule has 0 spiro atoms. The van der Waals surface area contributed by atoms with Crippen LogP contribution < -0.4 is 10.1 Å². The van der Waals surface area contributed by atoms with E-state index < -0.39 is 0 Å². The molecule has 1 atom stereocenters. The van der Waals surface area contributed by atoms with Crippen molar-refractivity contribution in [2.24, 2.45) is 0 Å². The summed E-state index contributed by atoms with van der Waals surface area (Å²) in [7, 11) is 1.89. The number of amides is 1. The van der Waals surface area contributed by atoms with Gasteiger partial charge in [0, 0.05) is 25.2 Å². The van der Waals surface area contributed by atoms with Gasteiger partial charge in [-0.1, -0.05) is 13.0 Å². The molecular weight excluding hydrogens is 268 g/mol. The van der Waals surface area contributed by atoms with Crippen molar-refractivity contribution < 1.29 is 14.3 Å². The Labute approximate surface area is 126 Å². The maximum Gasteiger partial charge on any atom is 0.254 e. The van der Waals surface area contributed by atoms with Gasteiger partial charge in [-0.3, -0.25) is 4.79 Å². The summed E-state index contributed by atoms with van der Waals surface area (Å²) in [4.78, 5) is 14.4. The Kier molecular flexibility index (Phi) is 6.02. The zero-order valence-corrected chi connectivity index (χ0v) is 12.8. The van der Waals surface area contributed by atoms with E-state index >= 15 is 0 Å². The Morgan fingerprint density at radius 3 is 3.14 bits per heavy atom. The van der Waals surface area contributed by atoms with Crippen LogP contribution in [-0.4, -0.2) is 56.8 Å². The van der Waals surface area contributed by atoms with Crippen LogP contribution >= 0.6 is 0 Å². The third-order valence-corrected chi connectivity index (χ3v) is 3.41. The van der Waals surface area contributed by atoms with Gasteiger partial charge in [-0.15, -0.1) is 0 Å². The molecule has 1 aliphatic heterocycles. The number of nitrogens with zero attached hydrogens (tertiary/aromatic N) is 1. The summed E-state index contributed by atoms with van der Waals surface area (Å²) in [5, 5.41) is 3.09. The first-order chi connectivity index (χ1) is 10.2. The molecule has 116 valence electrons. The number of hydrogen-bond donors (Lipinski definition) is 1. The molecule has 1 aromatic carbocycles. The number of carbonyl (C=O) groups excluding carboxylic acids is 1. The van der Waals surface area contributed by atoms with Crippen molar-refractivity contribution in [2.45, 2.75) is 19.4 Å². The number of morpholine rings is 1. The summed E-state index contributed by atoms with van der Waals surface area (Å²) in [6, 6.07) is 7.41. The maximum absolute atomic E-state index is 12.6. The molecule has 1 heterocycles. The van der Waals surface area contributed by atoms with Gasteiger partial charge in [0.2, 0.25) is 0 Å². The lowest BCUT2D eigenvalue weighted by atomic mass is 10.1. The highest BCUT2D eigenvalue weighted by atomic mass is 16.5. The van der Waals surface area contributed by atoms with Gasteiger partial charge in [0.15, 0.2) is 0 Å². The van der Waals surface area contributed by atoms with Gasteiger partial charge in [0.1, 0.15) is 5.75 Å². The molecule has 5 heteroatoms. The first-order valence-electron chi connectivity index (χ1n) is 7.53. The van der Waals surface area contributed by atoms with E-state index in [1.807, 2.05) is 36.2 Å². The SMILES string of the molecule is CCCOc1cccc(C(=O)N2CCOC(CNC)C2)c1. The molecule has 21 heavy (non-hydrogen) atoms. The third-order valence-electron chi connectivity index (χ3n) is 3.41. The average molecular weight is 292 g/mol. The second-order valence-corrected chi connectivity index (χ2v) is 5.18. The van der Waals surface area contributed by atoms with E-state index in [9.17, 15) is 4.79 Å². The van der Waals surface area contributed by atoms with E-state index in [2.05, 4.69) is 12.2 Å². The number of rotatable bonds is 6. The standard InChI is InChI=1S/C16H24N2O3/c1-3-8-20-14-6-4-5-13(10-14)16(19)18-7-9-21-15(12-18)11-17-2/h4-6,10,15,17H,3,7-9,11-12H2,1-2H3. The van der Waals surface area contributed by atoms with Crippen LogP contribution in [0.3, 0.4) is 0 Å². The number of hydrogen-bond acceptors (Lipinski definition) is 4. The number of likely N-dealkylation sites (N-methyl/N-ethyl adjacent to an activating group) is 1. The molecule has 0 radical (unpaired) electrons.